The number of azo groups is 1. The van der Waals surface area contributed by atoms with E-state index in [1.165, 1.54) is 0 Å². The normalized spacial score (nSPS) is 24.0. The van der Waals surface area contributed by atoms with E-state index in [9.17, 15) is 9.90 Å². The van der Waals surface area contributed by atoms with E-state index in [4.69, 9.17) is 16.3 Å². The zero-order chi connectivity index (χ0) is 20.5. The summed E-state index contributed by atoms with van der Waals surface area (Å²) in [6.07, 6.45) is 8.15. The highest BCUT2D eigenvalue weighted by atomic mass is 35.5. The van der Waals surface area contributed by atoms with Gasteiger partial charge in [-0.1, -0.05) is 11.6 Å². The van der Waals surface area contributed by atoms with Crippen molar-refractivity contribution in [2.45, 2.75) is 58.3 Å². The Morgan fingerprint density at radius 2 is 2.14 bits per heavy atom. The number of H-pyrrole nitrogens is 1. The molecule has 1 saturated carbocycles. The van der Waals surface area contributed by atoms with Gasteiger partial charge in [0.05, 0.1) is 40.8 Å². The fourth-order valence-corrected chi connectivity index (χ4v) is 4.67. The minimum absolute atomic E-state index is 0.243. The Morgan fingerprint density at radius 1 is 1.38 bits per heavy atom. The van der Waals surface area contributed by atoms with Crippen molar-refractivity contribution in [1.29, 1.82) is 0 Å². The number of allylic oxidation sites excluding steroid dienone is 1. The van der Waals surface area contributed by atoms with Crippen molar-refractivity contribution in [3.05, 3.63) is 27.4 Å². The van der Waals surface area contributed by atoms with Crippen molar-refractivity contribution < 1.29 is 14.6 Å². The van der Waals surface area contributed by atoms with E-state index >= 15 is 0 Å². The standard InChI is InChI=1S/C21H27ClN4O3/c1-12(2)29-15-5-3-13(4-6-15)19-20-16(10-23-25-19)21-17(24-20)9-14(22)7-8-26(21)18(28)11-27/h7,9,12-13,15,24,27H,3-6,8,10-11H2,1-2H3. The Labute approximate surface area is 174 Å². The van der Waals surface area contributed by atoms with Gasteiger partial charge < -0.3 is 19.7 Å². The molecule has 0 radical (unpaired) electrons. The van der Waals surface area contributed by atoms with Crippen molar-refractivity contribution in [2.75, 3.05) is 18.1 Å². The summed E-state index contributed by atoms with van der Waals surface area (Å²) in [7, 11) is 0. The fraction of sp³-hybridized carbons (Fsp3) is 0.571. The number of hydrogen-bond acceptors (Lipinski definition) is 5. The van der Waals surface area contributed by atoms with Crippen LogP contribution in [0.25, 0.3) is 11.8 Å². The predicted molar refractivity (Wildman–Crippen MR) is 112 cm³/mol. The number of hydrogen-bond donors (Lipinski definition) is 2. The molecule has 8 heteroatoms. The summed E-state index contributed by atoms with van der Waals surface area (Å²) in [4.78, 5) is 17.4. The van der Waals surface area contributed by atoms with E-state index < -0.39 is 6.61 Å². The number of aromatic amines is 1. The number of aliphatic hydroxyl groups is 1. The number of nitrogens with one attached hydrogen (secondary N) is 1. The first-order chi connectivity index (χ1) is 14.0. The molecule has 1 aromatic heterocycles. The molecule has 156 valence electrons. The molecule has 7 nitrogen and oxygen atoms in total. The van der Waals surface area contributed by atoms with Crippen LogP contribution < -0.4 is 15.6 Å². The van der Waals surface area contributed by atoms with Gasteiger partial charge in [-0.3, -0.25) is 4.79 Å². The van der Waals surface area contributed by atoms with Crippen LogP contribution in [0.2, 0.25) is 0 Å². The number of amides is 1. The first kappa shape index (κ1) is 20.3. The molecule has 1 fully saturated rings. The summed E-state index contributed by atoms with van der Waals surface area (Å²) in [5.74, 6) is -0.0559. The fourth-order valence-electron chi connectivity index (χ4n) is 4.49. The number of halogens is 1. The summed E-state index contributed by atoms with van der Waals surface area (Å²) in [6.45, 7) is 4.31. The second-order valence-electron chi connectivity index (χ2n) is 8.08. The highest BCUT2D eigenvalue weighted by Crippen LogP contribution is 2.34. The van der Waals surface area contributed by atoms with Gasteiger partial charge in [0, 0.05) is 23.1 Å². The smallest absolute Gasteiger partial charge is 0.253 e. The molecule has 0 saturated heterocycles. The summed E-state index contributed by atoms with van der Waals surface area (Å²) < 4.78 is 5.98. The van der Waals surface area contributed by atoms with Gasteiger partial charge in [0.25, 0.3) is 5.91 Å². The van der Waals surface area contributed by atoms with Crippen LogP contribution in [0.15, 0.2) is 21.3 Å². The Morgan fingerprint density at radius 3 is 2.83 bits per heavy atom. The molecule has 1 aromatic rings. The average Bonchev–Trinajstić information content (AvgIpc) is 2.97. The maximum absolute atomic E-state index is 12.4. The molecular formula is C21H27ClN4O3. The molecule has 29 heavy (non-hydrogen) atoms. The van der Waals surface area contributed by atoms with Gasteiger partial charge in [-0.05, 0) is 51.7 Å². The third-order valence-corrected chi connectivity index (χ3v) is 6.01. The molecule has 3 heterocycles. The summed E-state index contributed by atoms with van der Waals surface area (Å²) >= 11 is 6.29. The molecule has 4 rings (SSSR count). The van der Waals surface area contributed by atoms with E-state index in [2.05, 4.69) is 29.1 Å². The van der Waals surface area contributed by atoms with Crippen LogP contribution in [0.4, 0.5) is 5.69 Å². The SMILES string of the molecule is CC(C)OC1CCC(C2=c3[nH]c4c(c3CN=N2)N(C(=O)CO)CC=C(Cl)C=4)CC1. The Balaban J connectivity index is 1.74. The summed E-state index contributed by atoms with van der Waals surface area (Å²) in [5.41, 5.74) is 2.65. The van der Waals surface area contributed by atoms with E-state index in [0.29, 0.717) is 30.1 Å². The lowest BCUT2D eigenvalue weighted by atomic mass is 9.84. The highest BCUT2D eigenvalue weighted by molar-refractivity contribution is 6.34. The van der Waals surface area contributed by atoms with Gasteiger partial charge in [0.1, 0.15) is 6.61 Å². The average molecular weight is 419 g/mol. The molecule has 2 N–H and O–H groups in total. The first-order valence-corrected chi connectivity index (χ1v) is 10.6. The number of carbonyl (C=O) groups is 1. The van der Waals surface area contributed by atoms with Gasteiger partial charge in [-0.25, -0.2) is 0 Å². The summed E-state index contributed by atoms with van der Waals surface area (Å²) in [6, 6.07) is 0. The number of fused-ring (bicyclic) bond motifs is 3. The number of aliphatic hydroxyl groups excluding tert-OH is 1. The molecule has 0 atom stereocenters. The molecule has 3 aliphatic rings. The number of aromatic nitrogens is 1. The van der Waals surface area contributed by atoms with Gasteiger partial charge in [0.2, 0.25) is 0 Å². The second kappa shape index (κ2) is 8.42. The lowest BCUT2D eigenvalue weighted by Gasteiger charge is -2.30. The molecule has 0 aromatic carbocycles. The minimum Gasteiger partial charge on any atom is -0.387 e. The second-order valence-corrected chi connectivity index (χ2v) is 8.52. The van der Waals surface area contributed by atoms with Gasteiger partial charge >= 0.3 is 0 Å². The lowest BCUT2D eigenvalue weighted by Crippen LogP contribution is -2.36. The monoisotopic (exact) mass is 418 g/mol. The van der Waals surface area contributed by atoms with Gasteiger partial charge in [-0.2, -0.15) is 10.2 Å². The zero-order valence-corrected chi connectivity index (χ0v) is 17.6. The highest BCUT2D eigenvalue weighted by Gasteiger charge is 2.30. The number of carbonyl (C=O) groups excluding carboxylic acids is 1. The largest absolute Gasteiger partial charge is 0.387 e. The molecule has 0 spiro atoms. The molecule has 2 aliphatic heterocycles. The van der Waals surface area contributed by atoms with Crippen molar-refractivity contribution in [3.8, 4) is 0 Å². The van der Waals surface area contributed by atoms with E-state index in [1.54, 1.807) is 11.0 Å². The van der Waals surface area contributed by atoms with E-state index in [0.717, 1.165) is 53.3 Å². The number of rotatable bonds is 4. The van der Waals surface area contributed by atoms with Gasteiger partial charge in [-0.15, -0.1) is 0 Å². The summed E-state index contributed by atoms with van der Waals surface area (Å²) in [5, 5.41) is 20.6. The van der Waals surface area contributed by atoms with Crippen LogP contribution in [-0.4, -0.2) is 41.4 Å². The topological polar surface area (TPSA) is 90.3 Å². The Hall–Kier alpha value is -1.96. The van der Waals surface area contributed by atoms with Crippen LogP contribution in [0.3, 0.4) is 0 Å². The predicted octanol–water partition coefficient (Wildman–Crippen LogP) is 2.31. The van der Waals surface area contributed by atoms with Crippen molar-refractivity contribution in [1.82, 2.24) is 4.98 Å². The third-order valence-electron chi connectivity index (χ3n) is 5.75. The molecular weight excluding hydrogens is 392 g/mol. The molecule has 0 unspecified atom stereocenters. The maximum Gasteiger partial charge on any atom is 0.253 e. The Kier molecular flexibility index (Phi) is 5.90. The van der Waals surface area contributed by atoms with Crippen LogP contribution in [0.1, 0.15) is 45.1 Å². The van der Waals surface area contributed by atoms with Crippen molar-refractivity contribution >= 4 is 35.0 Å². The number of anilines is 1. The van der Waals surface area contributed by atoms with E-state index in [1.807, 2.05) is 6.08 Å². The first-order valence-electron chi connectivity index (χ1n) is 10.2. The maximum atomic E-state index is 12.4. The van der Waals surface area contributed by atoms with Crippen molar-refractivity contribution in [2.24, 2.45) is 16.1 Å². The van der Waals surface area contributed by atoms with Crippen LogP contribution in [0, 0.1) is 5.92 Å². The Bertz CT molecular complexity index is 971. The number of ether oxygens (including phenoxy) is 1. The molecule has 1 aliphatic carbocycles. The number of nitrogens with zero attached hydrogens (tertiary/aromatic N) is 3. The molecule has 0 bridgehead atoms. The minimum atomic E-state index is -0.553. The quantitative estimate of drug-likeness (QED) is 0.786. The van der Waals surface area contributed by atoms with Crippen molar-refractivity contribution in [3.63, 3.8) is 0 Å². The van der Waals surface area contributed by atoms with Crippen LogP contribution >= 0.6 is 11.6 Å². The lowest BCUT2D eigenvalue weighted by molar-refractivity contribution is -0.121. The van der Waals surface area contributed by atoms with Crippen LogP contribution in [-0.2, 0) is 16.1 Å². The van der Waals surface area contributed by atoms with Gasteiger partial charge in [0.15, 0.2) is 0 Å². The van der Waals surface area contributed by atoms with E-state index in [-0.39, 0.29) is 12.0 Å². The zero-order valence-electron chi connectivity index (χ0n) is 16.8. The van der Waals surface area contributed by atoms with Crippen LogP contribution in [0.5, 0.6) is 0 Å². The third kappa shape index (κ3) is 4.04. The molecule has 1 amide bonds.